The van der Waals surface area contributed by atoms with E-state index in [1.165, 1.54) is 18.4 Å². The fourth-order valence-corrected chi connectivity index (χ4v) is 3.78. The molecule has 4 rings (SSSR count). The van der Waals surface area contributed by atoms with Gasteiger partial charge in [0.1, 0.15) is 5.82 Å². The van der Waals surface area contributed by atoms with Gasteiger partial charge in [0.2, 0.25) is 5.91 Å². The zero-order chi connectivity index (χ0) is 17.9. The van der Waals surface area contributed by atoms with Crippen LogP contribution in [0.15, 0.2) is 41.9 Å². The van der Waals surface area contributed by atoms with Gasteiger partial charge in [0, 0.05) is 23.9 Å². The van der Waals surface area contributed by atoms with Gasteiger partial charge in [0.05, 0.1) is 23.3 Å². The highest BCUT2D eigenvalue weighted by atomic mass is 32.1. The van der Waals surface area contributed by atoms with Gasteiger partial charge < -0.3 is 5.32 Å². The minimum absolute atomic E-state index is 0.0396. The number of anilines is 1. The number of aromatic nitrogens is 3. The topological polar surface area (TPSA) is 59.8 Å². The molecule has 6 heteroatoms. The molecule has 1 aromatic carbocycles. The van der Waals surface area contributed by atoms with E-state index in [0.717, 1.165) is 35.0 Å². The van der Waals surface area contributed by atoms with Crippen molar-refractivity contribution in [1.82, 2.24) is 14.8 Å². The SMILES string of the molecule is Cc1cnn(CC2CC2)c1NC(=O)Cc1csc(Cc2ccccc2)n1. The van der Waals surface area contributed by atoms with Crippen LogP contribution in [0.2, 0.25) is 0 Å². The van der Waals surface area contributed by atoms with E-state index in [9.17, 15) is 4.79 Å². The zero-order valence-electron chi connectivity index (χ0n) is 14.8. The number of nitrogens with one attached hydrogen (secondary N) is 1. The molecule has 0 atom stereocenters. The second kappa shape index (κ2) is 7.41. The van der Waals surface area contributed by atoms with Gasteiger partial charge in [-0.3, -0.25) is 4.79 Å². The maximum Gasteiger partial charge on any atom is 0.231 e. The number of carbonyl (C=O) groups excluding carboxylic acids is 1. The summed E-state index contributed by atoms with van der Waals surface area (Å²) < 4.78 is 1.92. The van der Waals surface area contributed by atoms with E-state index in [4.69, 9.17) is 0 Å². The predicted octanol–water partition coefficient (Wildman–Crippen LogP) is 3.83. The van der Waals surface area contributed by atoms with E-state index in [-0.39, 0.29) is 5.91 Å². The van der Waals surface area contributed by atoms with E-state index in [0.29, 0.717) is 12.3 Å². The maximum atomic E-state index is 12.5. The van der Waals surface area contributed by atoms with Crippen LogP contribution in [-0.2, 0) is 24.2 Å². The summed E-state index contributed by atoms with van der Waals surface area (Å²) in [6, 6.07) is 10.3. The smallest absolute Gasteiger partial charge is 0.231 e. The lowest BCUT2D eigenvalue weighted by Crippen LogP contribution is -2.19. The third kappa shape index (κ3) is 4.19. The molecule has 0 spiro atoms. The molecule has 0 aliphatic heterocycles. The van der Waals surface area contributed by atoms with Crippen molar-refractivity contribution < 1.29 is 4.79 Å². The van der Waals surface area contributed by atoms with Gasteiger partial charge in [-0.1, -0.05) is 30.3 Å². The molecule has 26 heavy (non-hydrogen) atoms. The van der Waals surface area contributed by atoms with E-state index in [1.807, 2.05) is 41.4 Å². The Labute approximate surface area is 157 Å². The number of nitrogens with zero attached hydrogens (tertiary/aromatic N) is 3. The number of benzene rings is 1. The molecule has 0 saturated heterocycles. The van der Waals surface area contributed by atoms with Crippen molar-refractivity contribution >= 4 is 23.1 Å². The van der Waals surface area contributed by atoms with Crippen molar-refractivity contribution in [2.45, 2.75) is 39.2 Å². The Hall–Kier alpha value is -2.47. The molecule has 1 aliphatic carbocycles. The van der Waals surface area contributed by atoms with E-state index in [1.54, 1.807) is 11.3 Å². The third-order valence-corrected chi connectivity index (χ3v) is 5.45. The van der Waals surface area contributed by atoms with Gasteiger partial charge in [-0.2, -0.15) is 5.10 Å². The maximum absolute atomic E-state index is 12.5. The second-order valence-corrected chi connectivity index (χ2v) is 7.86. The van der Waals surface area contributed by atoms with Crippen molar-refractivity contribution in [3.05, 3.63) is 63.7 Å². The lowest BCUT2D eigenvalue weighted by atomic mass is 10.2. The van der Waals surface area contributed by atoms with Crippen LogP contribution in [0.4, 0.5) is 5.82 Å². The van der Waals surface area contributed by atoms with Crippen LogP contribution in [0.5, 0.6) is 0 Å². The summed E-state index contributed by atoms with van der Waals surface area (Å²) in [4.78, 5) is 17.1. The summed E-state index contributed by atoms with van der Waals surface area (Å²) in [5, 5.41) is 10.4. The molecule has 0 unspecified atom stereocenters. The number of rotatable bonds is 7. The van der Waals surface area contributed by atoms with Gasteiger partial charge in [-0.05, 0) is 31.2 Å². The van der Waals surface area contributed by atoms with Crippen molar-refractivity contribution in [3.8, 4) is 0 Å². The highest BCUT2D eigenvalue weighted by Crippen LogP contribution is 2.31. The van der Waals surface area contributed by atoms with Gasteiger partial charge >= 0.3 is 0 Å². The quantitative estimate of drug-likeness (QED) is 0.691. The third-order valence-electron chi connectivity index (χ3n) is 4.55. The van der Waals surface area contributed by atoms with Gasteiger partial charge in [-0.15, -0.1) is 11.3 Å². The summed E-state index contributed by atoms with van der Waals surface area (Å²) >= 11 is 1.61. The Morgan fingerprint density at radius 2 is 2.12 bits per heavy atom. The molecule has 2 heterocycles. The summed E-state index contributed by atoms with van der Waals surface area (Å²) in [6.07, 6.45) is 5.43. The molecule has 1 amide bonds. The highest BCUT2D eigenvalue weighted by Gasteiger charge is 2.24. The average molecular weight is 366 g/mol. The molecule has 134 valence electrons. The lowest BCUT2D eigenvalue weighted by Gasteiger charge is -2.09. The Morgan fingerprint density at radius 1 is 1.31 bits per heavy atom. The molecule has 1 saturated carbocycles. The fourth-order valence-electron chi connectivity index (χ4n) is 2.95. The van der Waals surface area contributed by atoms with Gasteiger partial charge in [-0.25, -0.2) is 9.67 Å². The first-order chi connectivity index (χ1) is 12.7. The fraction of sp³-hybridized carbons (Fsp3) is 0.350. The van der Waals surface area contributed by atoms with Crippen LogP contribution in [0, 0.1) is 12.8 Å². The summed E-state index contributed by atoms with van der Waals surface area (Å²) in [5.74, 6) is 1.49. The van der Waals surface area contributed by atoms with Crippen LogP contribution < -0.4 is 5.32 Å². The Balaban J connectivity index is 1.37. The summed E-state index contributed by atoms with van der Waals surface area (Å²) in [7, 11) is 0. The number of amides is 1. The van der Waals surface area contributed by atoms with Crippen LogP contribution in [0.1, 0.15) is 34.7 Å². The second-order valence-electron chi connectivity index (χ2n) is 6.92. The number of aryl methyl sites for hydroxylation is 1. The molecule has 1 aliphatic rings. The lowest BCUT2D eigenvalue weighted by molar-refractivity contribution is -0.115. The van der Waals surface area contributed by atoms with Gasteiger partial charge in [0.25, 0.3) is 0 Å². The highest BCUT2D eigenvalue weighted by molar-refractivity contribution is 7.09. The zero-order valence-corrected chi connectivity index (χ0v) is 15.6. The summed E-state index contributed by atoms with van der Waals surface area (Å²) in [6.45, 7) is 2.87. The van der Waals surface area contributed by atoms with Crippen LogP contribution in [0.3, 0.4) is 0 Å². The van der Waals surface area contributed by atoms with Gasteiger partial charge in [0.15, 0.2) is 0 Å². The normalized spacial score (nSPS) is 13.7. The molecule has 1 N–H and O–H groups in total. The molecule has 1 fully saturated rings. The first-order valence-corrected chi connectivity index (χ1v) is 9.85. The van der Waals surface area contributed by atoms with E-state index in [2.05, 4.69) is 27.5 Å². The van der Waals surface area contributed by atoms with Crippen LogP contribution in [0.25, 0.3) is 0 Å². The summed E-state index contributed by atoms with van der Waals surface area (Å²) in [5.41, 5.74) is 3.06. The van der Waals surface area contributed by atoms with Crippen LogP contribution >= 0.6 is 11.3 Å². The van der Waals surface area contributed by atoms with Crippen molar-refractivity contribution in [3.63, 3.8) is 0 Å². The van der Waals surface area contributed by atoms with Crippen molar-refractivity contribution in [2.24, 2.45) is 5.92 Å². The largest absolute Gasteiger partial charge is 0.310 e. The van der Waals surface area contributed by atoms with Crippen molar-refractivity contribution in [2.75, 3.05) is 5.32 Å². The Bertz CT molecular complexity index is 896. The first kappa shape index (κ1) is 17.0. The number of hydrogen-bond donors (Lipinski definition) is 1. The van der Waals surface area contributed by atoms with E-state index >= 15 is 0 Å². The van der Waals surface area contributed by atoms with Crippen LogP contribution in [-0.4, -0.2) is 20.7 Å². The number of thiazole rings is 1. The molecular formula is C20H22N4OS. The predicted molar refractivity (Wildman–Crippen MR) is 103 cm³/mol. The number of carbonyl (C=O) groups is 1. The monoisotopic (exact) mass is 366 g/mol. The molecule has 0 radical (unpaired) electrons. The average Bonchev–Trinajstić information content (AvgIpc) is 3.26. The molecule has 2 aromatic heterocycles. The molecular weight excluding hydrogens is 344 g/mol. The minimum atomic E-state index is -0.0396. The minimum Gasteiger partial charge on any atom is -0.310 e. The molecule has 3 aromatic rings. The molecule has 5 nitrogen and oxygen atoms in total. The Morgan fingerprint density at radius 3 is 2.88 bits per heavy atom. The standard InChI is InChI=1S/C20H22N4OS/c1-14-11-21-24(12-16-7-8-16)20(14)23-18(25)10-17-13-26-19(22-17)9-15-5-3-2-4-6-15/h2-6,11,13,16H,7-10,12H2,1H3,(H,23,25). The molecule has 0 bridgehead atoms. The number of hydrogen-bond acceptors (Lipinski definition) is 4. The van der Waals surface area contributed by atoms with Crippen molar-refractivity contribution in [1.29, 1.82) is 0 Å². The first-order valence-electron chi connectivity index (χ1n) is 8.97. The van der Waals surface area contributed by atoms with E-state index < -0.39 is 0 Å². The Kier molecular flexibility index (Phi) is 4.84.